The van der Waals surface area contributed by atoms with E-state index in [1.807, 2.05) is 56.3 Å². The molecule has 0 heterocycles. The standard InChI is InChI=1S/C15H16O.C2H6/c1-12(2)13-7-6-10-15(11-13)16-14-8-4-3-5-9-14;1-2/h3-12H,1-2H3;1-2H3. The van der Waals surface area contributed by atoms with Crippen LogP contribution in [0.15, 0.2) is 54.6 Å². The number of benzene rings is 2. The summed E-state index contributed by atoms with van der Waals surface area (Å²) in [5.74, 6) is 2.31. The molecule has 0 saturated heterocycles. The minimum Gasteiger partial charge on any atom is -0.457 e. The minimum absolute atomic E-state index is 0.527. The Labute approximate surface area is 110 Å². The summed E-state index contributed by atoms with van der Waals surface area (Å²) in [7, 11) is 0. The molecule has 0 amide bonds. The normalized spacial score (nSPS) is 9.61. The second-order valence-electron chi connectivity index (χ2n) is 4.14. The van der Waals surface area contributed by atoms with E-state index >= 15 is 0 Å². The Kier molecular flexibility index (Phi) is 5.99. The van der Waals surface area contributed by atoms with Crippen molar-refractivity contribution in [2.75, 3.05) is 0 Å². The summed E-state index contributed by atoms with van der Waals surface area (Å²) >= 11 is 0. The zero-order valence-corrected chi connectivity index (χ0v) is 11.7. The molecule has 0 bridgehead atoms. The molecule has 1 nitrogen and oxygen atoms in total. The lowest BCUT2D eigenvalue weighted by Crippen LogP contribution is -1.89. The number of para-hydroxylation sites is 1. The van der Waals surface area contributed by atoms with E-state index in [-0.39, 0.29) is 0 Å². The van der Waals surface area contributed by atoms with Crippen LogP contribution in [0.4, 0.5) is 0 Å². The Bertz CT molecular complexity index is 446. The molecule has 0 aliphatic carbocycles. The van der Waals surface area contributed by atoms with Gasteiger partial charge < -0.3 is 4.74 Å². The first-order chi connectivity index (χ1) is 8.75. The predicted molar refractivity (Wildman–Crippen MR) is 78.4 cm³/mol. The lowest BCUT2D eigenvalue weighted by molar-refractivity contribution is 0.481. The molecule has 0 spiro atoms. The molecule has 96 valence electrons. The monoisotopic (exact) mass is 242 g/mol. The van der Waals surface area contributed by atoms with Crippen molar-refractivity contribution in [1.82, 2.24) is 0 Å². The number of hydrogen-bond acceptors (Lipinski definition) is 1. The van der Waals surface area contributed by atoms with Crippen molar-refractivity contribution in [3.8, 4) is 11.5 Å². The highest BCUT2D eigenvalue weighted by atomic mass is 16.5. The maximum Gasteiger partial charge on any atom is 0.127 e. The van der Waals surface area contributed by atoms with Gasteiger partial charge in [0.15, 0.2) is 0 Å². The SMILES string of the molecule is CC.CC(C)c1cccc(Oc2ccccc2)c1. The Morgan fingerprint density at radius 3 is 2.00 bits per heavy atom. The fraction of sp³-hybridized carbons (Fsp3) is 0.294. The average Bonchev–Trinajstić information content (AvgIpc) is 2.42. The van der Waals surface area contributed by atoms with Gasteiger partial charge in [0.05, 0.1) is 0 Å². The largest absolute Gasteiger partial charge is 0.457 e. The summed E-state index contributed by atoms with van der Waals surface area (Å²) in [6.07, 6.45) is 0. The molecule has 2 aromatic carbocycles. The molecule has 2 rings (SSSR count). The smallest absolute Gasteiger partial charge is 0.127 e. The maximum atomic E-state index is 5.77. The van der Waals surface area contributed by atoms with Crippen LogP contribution in [0, 0.1) is 0 Å². The van der Waals surface area contributed by atoms with Gasteiger partial charge in [-0.05, 0) is 35.7 Å². The fourth-order valence-electron chi connectivity index (χ4n) is 1.56. The predicted octanol–water partition coefficient (Wildman–Crippen LogP) is 5.63. The van der Waals surface area contributed by atoms with E-state index < -0.39 is 0 Å². The van der Waals surface area contributed by atoms with Gasteiger partial charge >= 0.3 is 0 Å². The maximum absolute atomic E-state index is 5.77. The van der Waals surface area contributed by atoms with Crippen molar-refractivity contribution in [1.29, 1.82) is 0 Å². The van der Waals surface area contributed by atoms with Crippen molar-refractivity contribution < 1.29 is 4.74 Å². The molecular weight excluding hydrogens is 220 g/mol. The van der Waals surface area contributed by atoms with E-state index in [0.717, 1.165) is 11.5 Å². The van der Waals surface area contributed by atoms with Crippen molar-refractivity contribution in [2.45, 2.75) is 33.6 Å². The van der Waals surface area contributed by atoms with E-state index in [9.17, 15) is 0 Å². The van der Waals surface area contributed by atoms with Gasteiger partial charge in [0.2, 0.25) is 0 Å². The third kappa shape index (κ3) is 4.25. The van der Waals surface area contributed by atoms with Crippen molar-refractivity contribution in [3.63, 3.8) is 0 Å². The van der Waals surface area contributed by atoms with Crippen molar-refractivity contribution in [2.24, 2.45) is 0 Å². The Morgan fingerprint density at radius 1 is 0.778 bits per heavy atom. The molecular formula is C17H22O. The van der Waals surface area contributed by atoms with Crippen molar-refractivity contribution in [3.05, 3.63) is 60.2 Å². The number of rotatable bonds is 3. The van der Waals surface area contributed by atoms with Gasteiger partial charge in [-0.25, -0.2) is 0 Å². The van der Waals surface area contributed by atoms with E-state index in [1.165, 1.54) is 5.56 Å². The molecule has 0 radical (unpaired) electrons. The van der Waals surface area contributed by atoms with Crippen LogP contribution in [-0.2, 0) is 0 Å². The van der Waals surface area contributed by atoms with Crippen LogP contribution in [0.5, 0.6) is 11.5 Å². The quantitative estimate of drug-likeness (QED) is 0.678. The van der Waals surface area contributed by atoms with Gasteiger partial charge in [-0.2, -0.15) is 0 Å². The zero-order valence-electron chi connectivity index (χ0n) is 11.7. The molecule has 0 atom stereocenters. The minimum atomic E-state index is 0.527. The fourth-order valence-corrected chi connectivity index (χ4v) is 1.56. The third-order valence-corrected chi connectivity index (χ3v) is 2.50. The first-order valence-electron chi connectivity index (χ1n) is 6.58. The molecule has 0 aromatic heterocycles. The van der Waals surface area contributed by atoms with E-state index in [2.05, 4.69) is 26.0 Å². The van der Waals surface area contributed by atoms with E-state index in [4.69, 9.17) is 4.74 Å². The Balaban J connectivity index is 0.000000771. The summed E-state index contributed by atoms with van der Waals surface area (Å²) < 4.78 is 5.77. The second kappa shape index (κ2) is 7.54. The van der Waals surface area contributed by atoms with Gasteiger partial charge in [0.1, 0.15) is 11.5 Å². The van der Waals surface area contributed by atoms with Crippen molar-refractivity contribution >= 4 is 0 Å². The van der Waals surface area contributed by atoms with Crippen LogP contribution in [0.2, 0.25) is 0 Å². The molecule has 0 unspecified atom stereocenters. The van der Waals surface area contributed by atoms with Crippen LogP contribution in [0.3, 0.4) is 0 Å². The summed E-state index contributed by atoms with van der Waals surface area (Å²) in [6, 6.07) is 18.1. The first-order valence-corrected chi connectivity index (χ1v) is 6.58. The molecule has 0 N–H and O–H groups in total. The van der Waals surface area contributed by atoms with Crippen LogP contribution in [0.25, 0.3) is 0 Å². The van der Waals surface area contributed by atoms with Crippen LogP contribution < -0.4 is 4.74 Å². The lowest BCUT2D eigenvalue weighted by Gasteiger charge is -2.09. The molecule has 1 heteroatoms. The molecule has 0 aliphatic heterocycles. The van der Waals surface area contributed by atoms with Gasteiger partial charge in [-0.1, -0.05) is 58.0 Å². The highest BCUT2D eigenvalue weighted by Crippen LogP contribution is 2.24. The topological polar surface area (TPSA) is 9.23 Å². The summed E-state index contributed by atoms with van der Waals surface area (Å²) in [6.45, 7) is 8.36. The van der Waals surface area contributed by atoms with E-state index in [1.54, 1.807) is 0 Å². The first kappa shape index (κ1) is 14.3. The number of hydrogen-bond donors (Lipinski definition) is 0. The van der Waals surface area contributed by atoms with Crippen LogP contribution in [0.1, 0.15) is 39.2 Å². The molecule has 2 aromatic rings. The van der Waals surface area contributed by atoms with Gasteiger partial charge in [0, 0.05) is 0 Å². The summed E-state index contributed by atoms with van der Waals surface area (Å²) in [4.78, 5) is 0. The van der Waals surface area contributed by atoms with Gasteiger partial charge in [-0.3, -0.25) is 0 Å². The van der Waals surface area contributed by atoms with Crippen LogP contribution >= 0.6 is 0 Å². The van der Waals surface area contributed by atoms with E-state index in [0.29, 0.717) is 5.92 Å². The Hall–Kier alpha value is -1.76. The highest BCUT2D eigenvalue weighted by molar-refractivity contribution is 5.34. The second-order valence-corrected chi connectivity index (χ2v) is 4.14. The van der Waals surface area contributed by atoms with Gasteiger partial charge in [0.25, 0.3) is 0 Å². The molecule has 0 fully saturated rings. The highest BCUT2D eigenvalue weighted by Gasteiger charge is 2.01. The van der Waals surface area contributed by atoms with Crippen LogP contribution in [-0.4, -0.2) is 0 Å². The third-order valence-electron chi connectivity index (χ3n) is 2.50. The zero-order chi connectivity index (χ0) is 13.4. The molecule has 18 heavy (non-hydrogen) atoms. The summed E-state index contributed by atoms with van der Waals surface area (Å²) in [5, 5.41) is 0. The average molecular weight is 242 g/mol. The Morgan fingerprint density at radius 2 is 1.39 bits per heavy atom. The number of ether oxygens (including phenoxy) is 1. The summed E-state index contributed by atoms with van der Waals surface area (Å²) in [5.41, 5.74) is 1.30. The molecule has 0 saturated carbocycles. The lowest BCUT2D eigenvalue weighted by atomic mass is 10.0. The molecule has 0 aliphatic rings. The van der Waals surface area contributed by atoms with Gasteiger partial charge in [-0.15, -0.1) is 0 Å².